The third-order valence-electron chi connectivity index (χ3n) is 4.95. The van der Waals surface area contributed by atoms with Gasteiger partial charge in [0.1, 0.15) is 11.9 Å². The molecule has 3 aromatic rings. The topological polar surface area (TPSA) is 103 Å². The van der Waals surface area contributed by atoms with Crippen molar-refractivity contribution < 1.29 is 37.3 Å². The third-order valence-corrected chi connectivity index (χ3v) is 5.18. The summed E-state index contributed by atoms with van der Waals surface area (Å²) < 4.78 is 45.0. The van der Waals surface area contributed by atoms with E-state index in [1.807, 2.05) is 22.9 Å². The van der Waals surface area contributed by atoms with Crippen molar-refractivity contribution in [3.63, 3.8) is 0 Å². The van der Waals surface area contributed by atoms with Crippen molar-refractivity contribution in [2.24, 2.45) is 0 Å². The third kappa shape index (κ3) is 8.28. The molecule has 1 atom stereocenters. The molecular weight excluding hydrogens is 503 g/mol. The number of fused-ring (bicyclic) bond motifs is 1. The van der Waals surface area contributed by atoms with Crippen LogP contribution in [0.2, 0.25) is 5.02 Å². The molecule has 0 aliphatic carbocycles. The number of carbonyl (C=O) groups is 2. The van der Waals surface area contributed by atoms with Crippen LogP contribution in [-0.2, 0) is 27.3 Å². The van der Waals surface area contributed by atoms with Crippen molar-refractivity contribution in [2.45, 2.75) is 25.2 Å². The molecule has 0 saturated heterocycles. The molecule has 1 aliphatic rings. The second-order valence-electron chi connectivity index (χ2n) is 7.69. The van der Waals surface area contributed by atoms with E-state index in [9.17, 15) is 18.0 Å². The van der Waals surface area contributed by atoms with Gasteiger partial charge in [-0.15, -0.1) is 0 Å². The summed E-state index contributed by atoms with van der Waals surface area (Å²) in [7, 11) is 0. The van der Waals surface area contributed by atoms with E-state index < -0.39 is 12.1 Å². The van der Waals surface area contributed by atoms with Crippen molar-refractivity contribution in [3.8, 4) is 5.75 Å². The van der Waals surface area contributed by atoms with Gasteiger partial charge in [-0.25, -0.2) is 4.79 Å². The molecule has 1 aromatic heterocycles. The Morgan fingerprint density at radius 2 is 1.92 bits per heavy atom. The highest BCUT2D eigenvalue weighted by Gasteiger charge is 2.38. The normalized spacial score (nSPS) is 14.7. The molecule has 0 bridgehead atoms. The Labute approximate surface area is 209 Å². The SMILES string of the molecule is O=C(COc1cccc(Cl)c1)NCC1OCCc2cn(Cc3ccccc3)nc21.O=C(O)C(F)(F)F. The minimum absolute atomic E-state index is 0.0810. The molecule has 8 nitrogen and oxygen atoms in total. The van der Waals surface area contributed by atoms with Crippen LogP contribution in [0.5, 0.6) is 5.75 Å². The highest BCUT2D eigenvalue weighted by Crippen LogP contribution is 2.25. The highest BCUT2D eigenvalue weighted by molar-refractivity contribution is 6.30. The molecule has 1 unspecified atom stereocenters. The van der Waals surface area contributed by atoms with E-state index in [-0.39, 0.29) is 18.6 Å². The van der Waals surface area contributed by atoms with Crippen molar-refractivity contribution >= 4 is 23.5 Å². The van der Waals surface area contributed by atoms with Crippen LogP contribution in [0.4, 0.5) is 13.2 Å². The number of carbonyl (C=O) groups excluding carboxylic acids is 1. The van der Waals surface area contributed by atoms with Gasteiger partial charge in [-0.2, -0.15) is 18.3 Å². The van der Waals surface area contributed by atoms with Crippen LogP contribution in [0.1, 0.15) is 22.9 Å². The number of carboxylic acids is 1. The summed E-state index contributed by atoms with van der Waals surface area (Å²) in [6, 6.07) is 17.2. The Hall–Kier alpha value is -3.57. The van der Waals surface area contributed by atoms with Crippen LogP contribution in [0.25, 0.3) is 0 Å². The molecule has 1 aliphatic heterocycles. The number of hydrogen-bond donors (Lipinski definition) is 2. The van der Waals surface area contributed by atoms with Crippen LogP contribution < -0.4 is 10.1 Å². The van der Waals surface area contributed by atoms with Crippen LogP contribution >= 0.6 is 11.6 Å². The Balaban J connectivity index is 0.000000454. The fourth-order valence-electron chi connectivity index (χ4n) is 3.30. The van der Waals surface area contributed by atoms with E-state index in [1.165, 1.54) is 11.1 Å². The number of rotatable bonds is 7. The molecule has 2 aromatic carbocycles. The van der Waals surface area contributed by atoms with Gasteiger partial charge in [-0.3, -0.25) is 9.48 Å². The number of alkyl halides is 3. The summed E-state index contributed by atoms with van der Waals surface area (Å²) in [5.41, 5.74) is 3.25. The predicted molar refractivity (Wildman–Crippen MR) is 124 cm³/mol. The van der Waals surface area contributed by atoms with Gasteiger partial charge in [0.05, 0.1) is 18.8 Å². The van der Waals surface area contributed by atoms with Gasteiger partial charge in [-0.05, 0) is 35.7 Å². The number of hydrogen-bond acceptors (Lipinski definition) is 5. The minimum Gasteiger partial charge on any atom is -0.484 e. The molecule has 0 fully saturated rings. The molecule has 0 saturated carbocycles. The Kier molecular flexibility index (Phi) is 9.31. The first kappa shape index (κ1) is 27.0. The molecule has 12 heteroatoms. The largest absolute Gasteiger partial charge is 0.490 e. The maximum atomic E-state index is 12.2. The lowest BCUT2D eigenvalue weighted by molar-refractivity contribution is -0.192. The summed E-state index contributed by atoms with van der Waals surface area (Å²) in [6.45, 7) is 1.60. The number of ether oxygens (including phenoxy) is 2. The second kappa shape index (κ2) is 12.4. The lowest BCUT2D eigenvalue weighted by Crippen LogP contribution is -2.34. The van der Waals surface area contributed by atoms with Gasteiger partial charge in [0, 0.05) is 17.8 Å². The molecule has 4 rings (SSSR count). The van der Waals surface area contributed by atoms with E-state index in [4.69, 9.17) is 36.1 Å². The van der Waals surface area contributed by atoms with Gasteiger partial charge >= 0.3 is 12.1 Å². The number of aromatic nitrogens is 2. The lowest BCUT2D eigenvalue weighted by Gasteiger charge is -2.22. The fraction of sp³-hybridized carbons (Fsp3) is 0.292. The zero-order chi connectivity index (χ0) is 26.1. The van der Waals surface area contributed by atoms with Gasteiger partial charge in [0.2, 0.25) is 0 Å². The summed E-state index contributed by atoms with van der Waals surface area (Å²) in [5, 5.41) is 15.3. The summed E-state index contributed by atoms with van der Waals surface area (Å²) in [4.78, 5) is 21.0. The average molecular weight is 526 g/mol. The number of amides is 1. The van der Waals surface area contributed by atoms with Gasteiger partial charge < -0.3 is 19.9 Å². The standard InChI is InChI=1S/C22H22ClN3O3.C2HF3O2/c23-18-7-4-8-19(11-18)29-15-21(27)24-12-20-22-17(9-10-28-20)14-26(25-22)13-16-5-2-1-3-6-16;3-2(4,5)1(6)7/h1-8,11,14,20H,9-10,12-13,15H2,(H,24,27);(H,6,7). The van der Waals surface area contributed by atoms with Gasteiger partial charge in [0.15, 0.2) is 6.61 Å². The van der Waals surface area contributed by atoms with E-state index in [1.54, 1.807) is 24.3 Å². The number of nitrogens with zero attached hydrogens (tertiary/aromatic N) is 2. The minimum atomic E-state index is -5.08. The molecule has 2 N–H and O–H groups in total. The van der Waals surface area contributed by atoms with Crippen molar-refractivity contribution in [1.82, 2.24) is 15.1 Å². The molecule has 0 radical (unpaired) electrons. The van der Waals surface area contributed by atoms with E-state index in [2.05, 4.69) is 23.6 Å². The van der Waals surface area contributed by atoms with Crippen molar-refractivity contribution in [3.05, 3.63) is 82.6 Å². The Morgan fingerprint density at radius 1 is 1.19 bits per heavy atom. The summed E-state index contributed by atoms with van der Waals surface area (Å²) >= 11 is 5.92. The number of nitrogens with one attached hydrogen (secondary N) is 1. The Morgan fingerprint density at radius 3 is 2.58 bits per heavy atom. The summed E-state index contributed by atoms with van der Waals surface area (Å²) in [6.07, 6.45) is -2.44. The van der Waals surface area contributed by atoms with Crippen LogP contribution in [0.3, 0.4) is 0 Å². The van der Waals surface area contributed by atoms with Crippen molar-refractivity contribution in [2.75, 3.05) is 19.8 Å². The van der Waals surface area contributed by atoms with Gasteiger partial charge in [0.25, 0.3) is 5.91 Å². The molecule has 36 heavy (non-hydrogen) atoms. The predicted octanol–water partition coefficient (Wildman–Crippen LogP) is 4.03. The number of aliphatic carboxylic acids is 1. The van der Waals surface area contributed by atoms with E-state index in [0.717, 1.165) is 12.1 Å². The van der Waals surface area contributed by atoms with Crippen LogP contribution in [-0.4, -0.2) is 52.7 Å². The Bertz CT molecular complexity index is 1170. The number of benzene rings is 2. The first-order valence-electron chi connectivity index (χ1n) is 10.8. The zero-order valence-electron chi connectivity index (χ0n) is 18.9. The number of halogens is 4. The van der Waals surface area contributed by atoms with Crippen LogP contribution in [0, 0.1) is 0 Å². The molecule has 2 heterocycles. The second-order valence-corrected chi connectivity index (χ2v) is 8.12. The molecular formula is C24H23ClF3N3O5. The quantitative estimate of drug-likeness (QED) is 0.483. The monoisotopic (exact) mass is 525 g/mol. The van der Waals surface area contributed by atoms with E-state index >= 15 is 0 Å². The molecule has 1 amide bonds. The smallest absolute Gasteiger partial charge is 0.484 e. The summed E-state index contributed by atoms with van der Waals surface area (Å²) in [5.74, 6) is -2.42. The average Bonchev–Trinajstić information content (AvgIpc) is 3.25. The first-order chi connectivity index (χ1) is 17.1. The van der Waals surface area contributed by atoms with Gasteiger partial charge in [-0.1, -0.05) is 48.0 Å². The zero-order valence-corrected chi connectivity index (χ0v) is 19.6. The fourth-order valence-corrected chi connectivity index (χ4v) is 3.48. The molecule has 192 valence electrons. The number of carboxylic acid groups (broad SMARTS) is 1. The maximum absolute atomic E-state index is 12.2. The first-order valence-corrected chi connectivity index (χ1v) is 11.2. The maximum Gasteiger partial charge on any atom is 0.490 e. The van der Waals surface area contributed by atoms with Crippen LogP contribution in [0.15, 0.2) is 60.8 Å². The molecule has 0 spiro atoms. The van der Waals surface area contributed by atoms with Crippen molar-refractivity contribution in [1.29, 1.82) is 0 Å². The highest BCUT2D eigenvalue weighted by atomic mass is 35.5. The van der Waals surface area contributed by atoms with E-state index in [0.29, 0.717) is 30.5 Å². The lowest BCUT2D eigenvalue weighted by atomic mass is 10.1.